The van der Waals surface area contributed by atoms with Gasteiger partial charge in [0.1, 0.15) is 28.8 Å². The van der Waals surface area contributed by atoms with E-state index in [1.807, 2.05) is 18.2 Å². The van der Waals surface area contributed by atoms with Gasteiger partial charge >= 0.3 is 0 Å². The third-order valence-corrected chi connectivity index (χ3v) is 3.87. The fourth-order valence-electron chi connectivity index (χ4n) is 2.16. The van der Waals surface area contributed by atoms with Crippen LogP contribution in [0, 0.1) is 11.6 Å². The van der Waals surface area contributed by atoms with Crippen molar-refractivity contribution in [2.45, 2.75) is 6.54 Å². The first-order chi connectivity index (χ1) is 12.5. The highest BCUT2D eigenvalue weighted by molar-refractivity contribution is 6.31. The van der Waals surface area contributed by atoms with Crippen LogP contribution in [0.2, 0.25) is 5.02 Å². The Morgan fingerprint density at radius 3 is 2.38 bits per heavy atom. The Balaban J connectivity index is 1.65. The average Bonchev–Trinajstić information content (AvgIpc) is 2.64. The van der Waals surface area contributed by atoms with Crippen molar-refractivity contribution in [1.82, 2.24) is 9.97 Å². The maximum atomic E-state index is 13.6. The quantitative estimate of drug-likeness (QED) is 0.699. The van der Waals surface area contributed by atoms with Gasteiger partial charge < -0.3 is 10.6 Å². The average molecular weight is 375 g/mol. The lowest BCUT2D eigenvalue weighted by molar-refractivity contribution is 0.102. The third-order valence-electron chi connectivity index (χ3n) is 3.50. The van der Waals surface area contributed by atoms with Gasteiger partial charge in [0, 0.05) is 11.6 Å². The van der Waals surface area contributed by atoms with Crippen LogP contribution in [0.3, 0.4) is 0 Å². The molecule has 0 saturated carbocycles. The molecule has 0 bridgehead atoms. The highest BCUT2D eigenvalue weighted by atomic mass is 35.5. The predicted octanol–water partition coefficient (Wildman–Crippen LogP) is 4.27. The molecule has 0 radical (unpaired) electrons. The summed E-state index contributed by atoms with van der Waals surface area (Å²) in [4.78, 5) is 20.1. The Hall–Kier alpha value is -3.06. The Bertz CT molecular complexity index is 914. The van der Waals surface area contributed by atoms with E-state index in [0.717, 1.165) is 17.7 Å². The number of hydrogen-bond acceptors (Lipinski definition) is 4. The summed E-state index contributed by atoms with van der Waals surface area (Å²) in [6.07, 6.45) is 2.56. The number of amides is 1. The van der Waals surface area contributed by atoms with Crippen molar-refractivity contribution < 1.29 is 13.6 Å². The summed E-state index contributed by atoms with van der Waals surface area (Å²) in [5.41, 5.74) is 0.281. The number of rotatable bonds is 5. The van der Waals surface area contributed by atoms with Gasteiger partial charge in [-0.15, -0.1) is 0 Å². The zero-order valence-corrected chi connectivity index (χ0v) is 14.1. The topological polar surface area (TPSA) is 66.9 Å². The van der Waals surface area contributed by atoms with E-state index in [4.69, 9.17) is 11.6 Å². The summed E-state index contributed by atoms with van der Waals surface area (Å²) in [5, 5.41) is 5.80. The second kappa shape index (κ2) is 7.88. The number of hydrogen-bond donors (Lipinski definition) is 2. The molecule has 0 atom stereocenters. The maximum absolute atomic E-state index is 13.6. The van der Waals surface area contributed by atoms with Gasteiger partial charge in [-0.25, -0.2) is 18.7 Å². The van der Waals surface area contributed by atoms with Crippen molar-refractivity contribution in [1.29, 1.82) is 0 Å². The molecule has 5 nitrogen and oxygen atoms in total. The minimum absolute atomic E-state index is 0.0732. The fraction of sp³-hybridized carbons (Fsp3) is 0.0556. The van der Waals surface area contributed by atoms with Crippen LogP contribution in [0.25, 0.3) is 0 Å². The van der Waals surface area contributed by atoms with Crippen LogP contribution < -0.4 is 10.6 Å². The molecular weight excluding hydrogens is 362 g/mol. The normalized spacial score (nSPS) is 10.4. The Labute approximate surface area is 153 Å². The summed E-state index contributed by atoms with van der Waals surface area (Å²) < 4.78 is 27.1. The largest absolute Gasteiger partial charge is 0.365 e. The summed E-state index contributed by atoms with van der Waals surface area (Å²) >= 11 is 6.07. The van der Waals surface area contributed by atoms with Crippen LogP contribution in [0.5, 0.6) is 0 Å². The smallest absolute Gasteiger partial charge is 0.276 e. The van der Waals surface area contributed by atoms with Gasteiger partial charge in [-0.3, -0.25) is 4.79 Å². The first kappa shape index (κ1) is 17.8. The van der Waals surface area contributed by atoms with Crippen molar-refractivity contribution in [3.05, 3.63) is 82.8 Å². The molecule has 2 N–H and O–H groups in total. The first-order valence-electron chi connectivity index (χ1n) is 7.59. The lowest BCUT2D eigenvalue weighted by atomic mass is 10.2. The van der Waals surface area contributed by atoms with E-state index in [0.29, 0.717) is 17.4 Å². The predicted molar refractivity (Wildman–Crippen MR) is 95.1 cm³/mol. The number of carbonyl (C=O) groups excluding carboxylic acids is 1. The molecule has 0 aliphatic heterocycles. The molecule has 8 heteroatoms. The van der Waals surface area contributed by atoms with Gasteiger partial charge in [0.05, 0.1) is 12.4 Å². The lowest BCUT2D eigenvalue weighted by Crippen LogP contribution is -2.16. The van der Waals surface area contributed by atoms with Gasteiger partial charge in [0.15, 0.2) is 0 Å². The second-order valence-electron chi connectivity index (χ2n) is 5.28. The molecule has 0 fully saturated rings. The van der Waals surface area contributed by atoms with E-state index in [9.17, 15) is 13.6 Å². The van der Waals surface area contributed by atoms with Crippen LogP contribution in [0.1, 0.15) is 16.1 Å². The van der Waals surface area contributed by atoms with E-state index in [1.54, 1.807) is 6.07 Å². The number of carbonyl (C=O) groups is 1. The molecule has 1 aromatic heterocycles. The van der Waals surface area contributed by atoms with Crippen molar-refractivity contribution in [3.63, 3.8) is 0 Å². The van der Waals surface area contributed by atoms with Gasteiger partial charge in [0.25, 0.3) is 5.91 Å². The molecule has 0 unspecified atom stereocenters. The molecular formula is C18H13ClF2N4O. The summed E-state index contributed by atoms with van der Waals surface area (Å²) in [7, 11) is 0. The number of para-hydroxylation sites is 1. The summed E-state index contributed by atoms with van der Waals surface area (Å²) in [6.45, 7) is 0.431. The number of anilines is 2. The molecule has 1 amide bonds. The molecule has 2 aromatic carbocycles. The van der Waals surface area contributed by atoms with Gasteiger partial charge in [-0.2, -0.15) is 0 Å². The van der Waals surface area contributed by atoms with E-state index >= 15 is 0 Å². The van der Waals surface area contributed by atoms with Crippen LogP contribution in [-0.4, -0.2) is 15.9 Å². The van der Waals surface area contributed by atoms with Gasteiger partial charge in [-0.1, -0.05) is 35.9 Å². The van der Waals surface area contributed by atoms with Crippen molar-refractivity contribution >= 4 is 29.0 Å². The molecule has 132 valence electrons. The van der Waals surface area contributed by atoms with Crippen molar-refractivity contribution in [3.8, 4) is 0 Å². The number of aromatic nitrogens is 2. The molecule has 0 aliphatic carbocycles. The van der Waals surface area contributed by atoms with Crippen LogP contribution >= 0.6 is 11.6 Å². The van der Waals surface area contributed by atoms with Crippen LogP contribution in [0.15, 0.2) is 54.9 Å². The first-order valence-corrected chi connectivity index (χ1v) is 7.97. The second-order valence-corrected chi connectivity index (χ2v) is 5.69. The maximum Gasteiger partial charge on any atom is 0.276 e. The molecule has 0 spiro atoms. The number of nitrogens with zero attached hydrogens (tertiary/aromatic N) is 2. The van der Waals surface area contributed by atoms with Crippen LogP contribution in [0.4, 0.5) is 20.3 Å². The lowest BCUT2D eigenvalue weighted by Gasteiger charge is -2.09. The third kappa shape index (κ3) is 4.12. The molecule has 1 heterocycles. The molecule has 0 aliphatic rings. The molecule has 3 aromatic rings. The van der Waals surface area contributed by atoms with Gasteiger partial charge in [0.2, 0.25) is 0 Å². The zero-order valence-electron chi connectivity index (χ0n) is 13.3. The zero-order chi connectivity index (χ0) is 18.5. The van der Waals surface area contributed by atoms with E-state index in [2.05, 4.69) is 20.6 Å². The number of nitrogens with one attached hydrogen (secondary N) is 2. The van der Waals surface area contributed by atoms with E-state index < -0.39 is 23.2 Å². The van der Waals surface area contributed by atoms with E-state index in [-0.39, 0.29) is 5.69 Å². The summed E-state index contributed by atoms with van der Waals surface area (Å²) in [6, 6.07) is 10.6. The Morgan fingerprint density at radius 2 is 1.73 bits per heavy atom. The Morgan fingerprint density at radius 1 is 1.00 bits per heavy atom. The highest BCUT2D eigenvalue weighted by Crippen LogP contribution is 2.19. The fourth-order valence-corrected chi connectivity index (χ4v) is 2.36. The Kier molecular flexibility index (Phi) is 5.38. The summed E-state index contributed by atoms with van der Waals surface area (Å²) in [5.74, 6) is -2.08. The van der Waals surface area contributed by atoms with Crippen molar-refractivity contribution in [2.75, 3.05) is 10.6 Å². The monoisotopic (exact) mass is 374 g/mol. The SMILES string of the molecule is O=C(Nc1c(F)cccc1F)c1cnc(NCc2ccccc2Cl)cn1. The standard InChI is InChI=1S/C18H13ClF2N4O/c19-12-5-2-1-4-11(12)8-23-16-10-22-15(9-24-16)18(26)25-17-13(20)6-3-7-14(17)21/h1-7,9-10H,8H2,(H,23,24)(H,25,26). The minimum atomic E-state index is -0.871. The van der Waals surface area contributed by atoms with Crippen molar-refractivity contribution in [2.24, 2.45) is 0 Å². The molecule has 26 heavy (non-hydrogen) atoms. The molecule has 3 rings (SSSR count). The highest BCUT2D eigenvalue weighted by Gasteiger charge is 2.14. The number of halogens is 3. The number of benzene rings is 2. The molecule has 0 saturated heterocycles. The minimum Gasteiger partial charge on any atom is -0.365 e. The van der Waals surface area contributed by atoms with Crippen LogP contribution in [-0.2, 0) is 6.54 Å². The van der Waals surface area contributed by atoms with Gasteiger partial charge in [-0.05, 0) is 23.8 Å². The van der Waals surface area contributed by atoms with E-state index in [1.165, 1.54) is 18.5 Å².